The van der Waals surface area contributed by atoms with Crippen LogP contribution in [0.5, 0.6) is 0 Å². The van der Waals surface area contributed by atoms with E-state index in [1.165, 1.54) is 11.9 Å². The average molecular weight is 351 g/mol. The first-order chi connectivity index (χ1) is 12.2. The maximum Gasteiger partial charge on any atom is 0.235 e. The van der Waals surface area contributed by atoms with Crippen LogP contribution >= 0.6 is 0 Å². The maximum atomic E-state index is 13.0. The van der Waals surface area contributed by atoms with Crippen LogP contribution in [0.3, 0.4) is 0 Å². The molecule has 1 aliphatic carbocycles. The van der Waals surface area contributed by atoms with Gasteiger partial charge in [-0.3, -0.25) is 20.0 Å². The first-order valence-electron chi connectivity index (χ1n) is 8.38. The summed E-state index contributed by atoms with van der Waals surface area (Å²) in [6, 6.07) is 5.72. The van der Waals surface area contributed by atoms with E-state index < -0.39 is 5.92 Å². The number of hydrogen-bond acceptors (Lipinski definition) is 6. The Kier molecular flexibility index (Phi) is 4.28. The van der Waals surface area contributed by atoms with Crippen LogP contribution in [0.4, 0.5) is 0 Å². The van der Waals surface area contributed by atoms with E-state index in [0.717, 1.165) is 5.56 Å². The Morgan fingerprint density at radius 3 is 2.77 bits per heavy atom. The third-order valence-electron chi connectivity index (χ3n) is 4.67. The van der Waals surface area contributed by atoms with Crippen molar-refractivity contribution in [3.05, 3.63) is 52.8 Å². The molecule has 0 saturated heterocycles. The highest BCUT2D eigenvalue weighted by atomic mass is 16.2. The Morgan fingerprint density at radius 1 is 1.46 bits per heavy atom. The van der Waals surface area contributed by atoms with Gasteiger partial charge in [0.05, 0.1) is 23.3 Å². The fraction of sp³-hybridized carbons (Fsp3) is 0.368. The highest BCUT2D eigenvalue weighted by Crippen LogP contribution is 2.48. The lowest BCUT2D eigenvalue weighted by molar-refractivity contribution is -0.123. The summed E-state index contributed by atoms with van der Waals surface area (Å²) in [5.74, 6) is -0.799. The van der Waals surface area contributed by atoms with Crippen LogP contribution < -0.4 is 11.2 Å². The summed E-state index contributed by atoms with van der Waals surface area (Å²) < 4.78 is 0. The number of nitrogens with two attached hydrogens (primary N) is 1. The molecule has 7 nitrogen and oxygen atoms in total. The molecule has 134 valence electrons. The van der Waals surface area contributed by atoms with Gasteiger partial charge in [-0.2, -0.15) is 5.26 Å². The van der Waals surface area contributed by atoms with Crippen molar-refractivity contribution in [1.29, 1.82) is 5.26 Å². The maximum absolute atomic E-state index is 13.0. The number of carbonyl (C=O) groups excluding carboxylic acids is 2. The summed E-state index contributed by atoms with van der Waals surface area (Å²) in [4.78, 5) is 28.8. The molecule has 0 aromatic carbocycles. The molecule has 0 bridgehead atoms. The van der Waals surface area contributed by atoms with Crippen molar-refractivity contribution in [2.45, 2.75) is 39.5 Å². The Labute approximate surface area is 152 Å². The number of pyridine rings is 1. The molecule has 1 unspecified atom stereocenters. The van der Waals surface area contributed by atoms with E-state index in [4.69, 9.17) is 5.73 Å². The van der Waals surface area contributed by atoms with Crippen molar-refractivity contribution in [3.8, 4) is 6.07 Å². The number of aromatic nitrogens is 1. The van der Waals surface area contributed by atoms with Crippen molar-refractivity contribution in [2.24, 2.45) is 11.1 Å². The molecular formula is C19H21N5O2. The fourth-order valence-electron chi connectivity index (χ4n) is 3.67. The second kappa shape index (κ2) is 6.30. The molecule has 1 atom stereocenters. The average Bonchev–Trinajstić information content (AvgIpc) is 2.56. The number of carbonyl (C=O) groups is 2. The number of hydrogen-bond donors (Lipinski definition) is 2. The number of ketones is 1. The minimum atomic E-state index is -0.572. The van der Waals surface area contributed by atoms with Gasteiger partial charge in [0, 0.05) is 31.3 Å². The zero-order valence-corrected chi connectivity index (χ0v) is 15.0. The van der Waals surface area contributed by atoms with Crippen molar-refractivity contribution >= 4 is 11.7 Å². The smallest absolute Gasteiger partial charge is 0.235 e. The Balaban J connectivity index is 2.26. The van der Waals surface area contributed by atoms with Gasteiger partial charge in [-0.25, -0.2) is 5.01 Å². The van der Waals surface area contributed by atoms with Gasteiger partial charge < -0.3 is 5.73 Å². The molecule has 3 rings (SSSR count). The van der Waals surface area contributed by atoms with E-state index in [1.54, 1.807) is 18.5 Å². The highest BCUT2D eigenvalue weighted by molar-refractivity contribution is 6.00. The van der Waals surface area contributed by atoms with Gasteiger partial charge in [0.15, 0.2) is 5.78 Å². The van der Waals surface area contributed by atoms with Crippen LogP contribution in [-0.4, -0.2) is 21.7 Å². The van der Waals surface area contributed by atoms with Gasteiger partial charge in [0.2, 0.25) is 5.91 Å². The molecule has 1 amide bonds. The molecular weight excluding hydrogens is 330 g/mol. The van der Waals surface area contributed by atoms with E-state index >= 15 is 0 Å². The summed E-state index contributed by atoms with van der Waals surface area (Å²) in [6.45, 7) is 5.36. The second-order valence-electron chi connectivity index (χ2n) is 7.43. The quantitative estimate of drug-likeness (QED) is 0.841. The molecule has 2 aliphatic rings. The first-order valence-corrected chi connectivity index (χ1v) is 8.38. The molecule has 1 aliphatic heterocycles. The molecule has 1 aromatic heterocycles. The molecule has 0 fully saturated rings. The van der Waals surface area contributed by atoms with E-state index in [9.17, 15) is 14.9 Å². The highest BCUT2D eigenvalue weighted by Gasteiger charge is 2.44. The third-order valence-corrected chi connectivity index (χ3v) is 4.67. The zero-order chi connectivity index (χ0) is 19.1. The molecule has 0 spiro atoms. The number of amides is 1. The van der Waals surface area contributed by atoms with Crippen LogP contribution in [0.15, 0.2) is 47.2 Å². The molecule has 7 heteroatoms. The van der Waals surface area contributed by atoms with Crippen LogP contribution in [-0.2, 0) is 9.59 Å². The van der Waals surface area contributed by atoms with Crippen molar-refractivity contribution in [3.63, 3.8) is 0 Å². The number of nitriles is 1. The van der Waals surface area contributed by atoms with E-state index in [1.807, 2.05) is 19.9 Å². The summed E-state index contributed by atoms with van der Waals surface area (Å²) in [5, 5.41) is 11.1. The van der Waals surface area contributed by atoms with Crippen molar-refractivity contribution in [1.82, 2.24) is 15.4 Å². The Morgan fingerprint density at radius 2 is 2.19 bits per heavy atom. The molecule has 26 heavy (non-hydrogen) atoms. The number of allylic oxidation sites excluding steroid dienone is 3. The molecule has 1 aromatic rings. The molecule has 0 saturated carbocycles. The van der Waals surface area contributed by atoms with Crippen molar-refractivity contribution in [2.75, 3.05) is 0 Å². The van der Waals surface area contributed by atoms with E-state index in [-0.39, 0.29) is 28.5 Å². The largest absolute Gasteiger partial charge is 0.383 e. The molecule has 3 N–H and O–H groups in total. The predicted molar refractivity (Wildman–Crippen MR) is 94.5 cm³/mol. The number of nitrogens with zero attached hydrogens (tertiary/aromatic N) is 3. The monoisotopic (exact) mass is 351 g/mol. The summed E-state index contributed by atoms with van der Waals surface area (Å²) in [6.07, 6.45) is 4.21. The lowest BCUT2D eigenvalue weighted by Gasteiger charge is -2.43. The predicted octanol–water partition coefficient (Wildman–Crippen LogP) is 1.87. The standard InChI is InChI=1S/C19H21N5O2/c1-11(25)23-24-14-7-19(2,3)8-15(26)17(14)16(13(9-20)18(24)21)12-5-4-6-22-10-12/h4-6,10,16H,7-8,21H2,1-3H3,(H,23,25). The van der Waals surface area contributed by atoms with Gasteiger partial charge >= 0.3 is 0 Å². The third kappa shape index (κ3) is 2.94. The minimum Gasteiger partial charge on any atom is -0.383 e. The summed E-state index contributed by atoms with van der Waals surface area (Å²) in [5.41, 5.74) is 10.8. The van der Waals surface area contributed by atoms with Gasteiger partial charge in [-0.1, -0.05) is 19.9 Å². The number of nitrogens with one attached hydrogen (secondary N) is 1. The fourth-order valence-corrected chi connectivity index (χ4v) is 3.67. The lowest BCUT2D eigenvalue weighted by atomic mass is 9.69. The van der Waals surface area contributed by atoms with Crippen LogP contribution in [0, 0.1) is 16.7 Å². The van der Waals surface area contributed by atoms with Gasteiger partial charge in [-0.05, 0) is 23.5 Å². The van der Waals surface area contributed by atoms with Crippen LogP contribution in [0.25, 0.3) is 0 Å². The first kappa shape index (κ1) is 17.7. The zero-order valence-electron chi connectivity index (χ0n) is 15.0. The topological polar surface area (TPSA) is 112 Å². The summed E-state index contributed by atoms with van der Waals surface area (Å²) >= 11 is 0. The van der Waals surface area contributed by atoms with Crippen molar-refractivity contribution < 1.29 is 9.59 Å². The van der Waals surface area contributed by atoms with Gasteiger partial charge in [0.1, 0.15) is 5.82 Å². The van der Waals surface area contributed by atoms with Crippen LogP contribution in [0.2, 0.25) is 0 Å². The minimum absolute atomic E-state index is 0.0410. The second-order valence-corrected chi connectivity index (χ2v) is 7.43. The van der Waals surface area contributed by atoms with Gasteiger partial charge in [0.25, 0.3) is 0 Å². The van der Waals surface area contributed by atoms with E-state index in [2.05, 4.69) is 16.5 Å². The summed E-state index contributed by atoms with van der Waals surface area (Å²) in [7, 11) is 0. The number of hydrazine groups is 1. The van der Waals surface area contributed by atoms with Crippen LogP contribution in [0.1, 0.15) is 45.1 Å². The lowest BCUT2D eigenvalue weighted by Crippen LogP contribution is -2.49. The van der Waals surface area contributed by atoms with E-state index in [0.29, 0.717) is 24.1 Å². The number of rotatable bonds is 2. The number of Topliss-reactive ketones (excluding diaryl/α,β-unsaturated/α-hetero) is 1. The molecule has 0 radical (unpaired) electrons. The Hall–Kier alpha value is -3.14. The SMILES string of the molecule is CC(=O)NN1C(N)=C(C#N)C(c2cccnc2)C2=C1CC(C)(C)CC2=O. The Bertz CT molecular complexity index is 877. The van der Waals surface area contributed by atoms with Gasteiger partial charge in [-0.15, -0.1) is 0 Å². The molecule has 2 heterocycles. The normalized spacial score (nSPS) is 22.0.